The molecule has 4 rings (SSSR count). The molecule has 2 N–H and O–H groups in total. The van der Waals surface area contributed by atoms with Gasteiger partial charge in [-0.05, 0) is 86.8 Å². The zero-order chi connectivity index (χ0) is 26.5. The van der Waals surface area contributed by atoms with Crippen LogP contribution in [0.2, 0.25) is 0 Å². The first-order chi connectivity index (χ1) is 17.6. The summed E-state index contributed by atoms with van der Waals surface area (Å²) in [5, 5.41) is 3.25. The SMILES string of the molecule is CCc1cnc(Nc2ccc(Oc3ccccc3)cc2)nc1Cc1cccc(S(=O)(=O)NC(C)(C)C)c1. The summed E-state index contributed by atoms with van der Waals surface area (Å²) in [4.78, 5) is 9.47. The van der Waals surface area contributed by atoms with E-state index in [0.29, 0.717) is 12.4 Å². The van der Waals surface area contributed by atoms with E-state index in [1.54, 1.807) is 18.2 Å². The number of aromatic nitrogens is 2. The monoisotopic (exact) mass is 516 g/mol. The molecule has 0 unspecified atom stereocenters. The Morgan fingerprint density at radius 1 is 0.892 bits per heavy atom. The summed E-state index contributed by atoms with van der Waals surface area (Å²) in [6.45, 7) is 7.51. The highest BCUT2D eigenvalue weighted by atomic mass is 32.2. The number of para-hydroxylation sites is 1. The standard InChI is InChI=1S/C29H32N4O3S/c1-5-22-20-30-28(31-23-14-16-25(17-15-23)36-24-11-7-6-8-12-24)32-27(22)19-21-10-9-13-26(18-21)37(34,35)33-29(2,3)4/h6-18,20,33H,5,19H2,1-4H3,(H,30,31,32). The third kappa shape index (κ3) is 7.38. The lowest BCUT2D eigenvalue weighted by atomic mass is 10.1. The lowest BCUT2D eigenvalue weighted by molar-refractivity contribution is 0.483. The summed E-state index contributed by atoms with van der Waals surface area (Å²) in [7, 11) is -3.63. The molecule has 0 radical (unpaired) electrons. The molecule has 37 heavy (non-hydrogen) atoms. The van der Waals surface area contributed by atoms with Gasteiger partial charge in [0.1, 0.15) is 11.5 Å². The molecule has 0 aliphatic rings. The predicted molar refractivity (Wildman–Crippen MR) is 147 cm³/mol. The van der Waals surface area contributed by atoms with Gasteiger partial charge in [-0.3, -0.25) is 0 Å². The van der Waals surface area contributed by atoms with Crippen molar-refractivity contribution in [2.45, 2.75) is 51.0 Å². The lowest BCUT2D eigenvalue weighted by Gasteiger charge is -2.20. The molecule has 0 spiro atoms. The summed E-state index contributed by atoms with van der Waals surface area (Å²) in [6, 6.07) is 24.2. The highest BCUT2D eigenvalue weighted by molar-refractivity contribution is 7.89. The molecule has 0 saturated carbocycles. The molecular formula is C29H32N4O3S. The van der Waals surface area contributed by atoms with Gasteiger partial charge in [0, 0.05) is 23.8 Å². The maximum Gasteiger partial charge on any atom is 0.241 e. The Labute approximate surface area is 219 Å². The molecule has 3 aromatic carbocycles. The molecule has 0 amide bonds. The van der Waals surface area contributed by atoms with Gasteiger partial charge in [0.15, 0.2) is 0 Å². The molecule has 0 fully saturated rings. The Kier molecular flexibility index (Phi) is 7.90. The van der Waals surface area contributed by atoms with Crippen LogP contribution in [0.5, 0.6) is 11.5 Å². The van der Waals surface area contributed by atoms with Gasteiger partial charge in [-0.25, -0.2) is 23.1 Å². The molecule has 0 atom stereocenters. The quantitative estimate of drug-likeness (QED) is 0.273. The Morgan fingerprint density at radius 2 is 1.59 bits per heavy atom. The third-order valence-electron chi connectivity index (χ3n) is 5.45. The van der Waals surface area contributed by atoms with Crippen LogP contribution >= 0.6 is 0 Å². The molecule has 1 aromatic heterocycles. The first-order valence-electron chi connectivity index (χ1n) is 12.2. The molecule has 192 valence electrons. The van der Waals surface area contributed by atoms with Crippen molar-refractivity contribution in [3.05, 3.63) is 102 Å². The second-order valence-corrected chi connectivity index (χ2v) is 11.4. The van der Waals surface area contributed by atoms with Gasteiger partial charge in [0.2, 0.25) is 16.0 Å². The summed E-state index contributed by atoms with van der Waals surface area (Å²) >= 11 is 0. The molecule has 0 saturated heterocycles. The highest BCUT2D eigenvalue weighted by Crippen LogP contribution is 2.24. The molecule has 8 heteroatoms. The van der Waals surface area contributed by atoms with Crippen LogP contribution in [0, 0.1) is 0 Å². The fourth-order valence-corrected chi connectivity index (χ4v) is 5.28. The average molecular weight is 517 g/mol. The van der Waals surface area contributed by atoms with E-state index in [1.165, 1.54) is 0 Å². The highest BCUT2D eigenvalue weighted by Gasteiger charge is 2.22. The van der Waals surface area contributed by atoms with Crippen LogP contribution in [0.4, 0.5) is 11.6 Å². The fourth-order valence-electron chi connectivity index (χ4n) is 3.79. The number of sulfonamides is 1. The first kappa shape index (κ1) is 26.3. The lowest BCUT2D eigenvalue weighted by Crippen LogP contribution is -2.40. The summed E-state index contributed by atoms with van der Waals surface area (Å²) in [5.41, 5.74) is 2.99. The van der Waals surface area contributed by atoms with E-state index in [9.17, 15) is 8.42 Å². The van der Waals surface area contributed by atoms with Crippen molar-refractivity contribution in [1.82, 2.24) is 14.7 Å². The van der Waals surface area contributed by atoms with Crippen LogP contribution in [0.15, 0.2) is 90.0 Å². The maximum atomic E-state index is 12.8. The molecule has 0 bridgehead atoms. The predicted octanol–water partition coefficient (Wildman–Crippen LogP) is 6.24. The van der Waals surface area contributed by atoms with Crippen molar-refractivity contribution in [3.63, 3.8) is 0 Å². The normalized spacial score (nSPS) is 11.8. The minimum atomic E-state index is -3.63. The van der Waals surface area contributed by atoms with Crippen molar-refractivity contribution in [2.75, 3.05) is 5.32 Å². The van der Waals surface area contributed by atoms with E-state index >= 15 is 0 Å². The zero-order valence-corrected chi connectivity index (χ0v) is 22.3. The average Bonchev–Trinajstić information content (AvgIpc) is 2.85. The van der Waals surface area contributed by atoms with Crippen molar-refractivity contribution >= 4 is 21.7 Å². The van der Waals surface area contributed by atoms with Gasteiger partial charge < -0.3 is 10.1 Å². The van der Waals surface area contributed by atoms with Crippen molar-refractivity contribution in [2.24, 2.45) is 0 Å². The van der Waals surface area contributed by atoms with Crippen LogP contribution in [0.3, 0.4) is 0 Å². The van der Waals surface area contributed by atoms with Crippen LogP contribution in [-0.4, -0.2) is 23.9 Å². The van der Waals surface area contributed by atoms with Crippen molar-refractivity contribution < 1.29 is 13.2 Å². The minimum absolute atomic E-state index is 0.239. The van der Waals surface area contributed by atoms with E-state index in [1.807, 2.05) is 87.6 Å². The Bertz CT molecular complexity index is 1450. The van der Waals surface area contributed by atoms with Gasteiger partial charge in [-0.2, -0.15) is 0 Å². The Morgan fingerprint density at radius 3 is 2.27 bits per heavy atom. The number of ether oxygens (including phenoxy) is 1. The molecule has 0 aliphatic carbocycles. The smallest absolute Gasteiger partial charge is 0.241 e. The largest absolute Gasteiger partial charge is 0.457 e. The number of anilines is 2. The number of benzene rings is 3. The second kappa shape index (κ2) is 11.1. The van der Waals surface area contributed by atoms with Crippen LogP contribution in [-0.2, 0) is 22.9 Å². The summed E-state index contributed by atoms with van der Waals surface area (Å²) in [5.74, 6) is 1.98. The van der Waals surface area contributed by atoms with Gasteiger partial charge in [0.25, 0.3) is 0 Å². The Hall–Kier alpha value is -3.75. The zero-order valence-electron chi connectivity index (χ0n) is 21.5. The Balaban J connectivity index is 1.51. The van der Waals surface area contributed by atoms with Gasteiger partial charge in [-0.1, -0.05) is 37.3 Å². The van der Waals surface area contributed by atoms with E-state index in [2.05, 4.69) is 21.9 Å². The van der Waals surface area contributed by atoms with Crippen LogP contribution in [0.25, 0.3) is 0 Å². The molecule has 4 aromatic rings. The number of nitrogens with zero attached hydrogens (tertiary/aromatic N) is 2. The summed E-state index contributed by atoms with van der Waals surface area (Å²) in [6.07, 6.45) is 3.08. The summed E-state index contributed by atoms with van der Waals surface area (Å²) < 4.78 is 34.2. The number of hydrogen-bond donors (Lipinski definition) is 2. The van der Waals surface area contributed by atoms with Crippen LogP contribution < -0.4 is 14.8 Å². The van der Waals surface area contributed by atoms with Gasteiger partial charge >= 0.3 is 0 Å². The number of hydrogen-bond acceptors (Lipinski definition) is 6. The number of aryl methyl sites for hydroxylation is 1. The molecule has 7 nitrogen and oxygen atoms in total. The third-order valence-corrected chi connectivity index (χ3v) is 7.20. The molecule has 1 heterocycles. The van der Waals surface area contributed by atoms with Crippen molar-refractivity contribution in [1.29, 1.82) is 0 Å². The fraction of sp³-hybridized carbons (Fsp3) is 0.241. The van der Waals surface area contributed by atoms with E-state index in [-0.39, 0.29) is 4.90 Å². The minimum Gasteiger partial charge on any atom is -0.457 e. The van der Waals surface area contributed by atoms with Crippen molar-refractivity contribution in [3.8, 4) is 11.5 Å². The molecule has 0 aliphatic heterocycles. The van der Waals surface area contributed by atoms with E-state index < -0.39 is 15.6 Å². The topological polar surface area (TPSA) is 93.2 Å². The van der Waals surface area contributed by atoms with E-state index in [4.69, 9.17) is 9.72 Å². The second-order valence-electron chi connectivity index (χ2n) is 9.76. The number of nitrogens with one attached hydrogen (secondary N) is 2. The van der Waals surface area contributed by atoms with E-state index in [0.717, 1.165) is 40.4 Å². The van der Waals surface area contributed by atoms with Crippen LogP contribution in [0.1, 0.15) is 44.5 Å². The first-order valence-corrected chi connectivity index (χ1v) is 13.7. The maximum absolute atomic E-state index is 12.8. The molecular weight excluding hydrogens is 484 g/mol. The van der Waals surface area contributed by atoms with Gasteiger partial charge in [-0.15, -0.1) is 0 Å². The van der Waals surface area contributed by atoms with Gasteiger partial charge in [0.05, 0.1) is 10.6 Å². The number of rotatable bonds is 9.